The topological polar surface area (TPSA) is 33.0 Å². The number of carbonyl (C=O) groups is 1. The normalized spacial score (nSPS) is 11.8. The van der Waals surface area contributed by atoms with Crippen molar-refractivity contribution in [3.05, 3.63) is 89.7 Å². The van der Waals surface area contributed by atoms with Gasteiger partial charge in [-0.05, 0) is 36.2 Å². The lowest BCUT2D eigenvalue weighted by Crippen LogP contribution is -2.43. The van der Waals surface area contributed by atoms with Crippen LogP contribution in [0, 0.1) is 0 Å². The number of nitrogens with zero attached hydrogens (tertiary/aromatic N) is 1. The lowest BCUT2D eigenvalue weighted by molar-refractivity contribution is -0.684. The number of benzene rings is 2. The van der Waals surface area contributed by atoms with Crippen LogP contribution in [-0.4, -0.2) is 5.91 Å². The summed E-state index contributed by atoms with van der Waals surface area (Å²) in [4.78, 5) is 12.4. The third-order valence-corrected chi connectivity index (χ3v) is 4.29. The predicted octanol–water partition coefficient (Wildman–Crippen LogP) is 4.17. The van der Waals surface area contributed by atoms with E-state index in [1.54, 1.807) is 0 Å². The monoisotopic (exact) mass is 351 g/mol. The van der Waals surface area contributed by atoms with Gasteiger partial charge in [0.1, 0.15) is 0 Å². The fraction of sp³-hybridized carbons (Fsp3) is 0.143. The van der Waals surface area contributed by atoms with E-state index in [9.17, 15) is 4.79 Å². The Bertz CT molecular complexity index is 847. The van der Waals surface area contributed by atoms with E-state index < -0.39 is 0 Å². The Morgan fingerprint density at radius 3 is 2.40 bits per heavy atom. The number of rotatable bonds is 5. The number of amides is 1. The molecule has 3 aromatic rings. The van der Waals surface area contributed by atoms with Crippen molar-refractivity contribution in [2.45, 2.75) is 19.5 Å². The lowest BCUT2D eigenvalue weighted by atomic mass is 10.1. The van der Waals surface area contributed by atoms with Crippen molar-refractivity contribution in [1.82, 2.24) is 5.32 Å². The maximum Gasteiger partial charge on any atom is 0.286 e. The van der Waals surface area contributed by atoms with Crippen LogP contribution in [0.4, 0.5) is 0 Å². The summed E-state index contributed by atoms with van der Waals surface area (Å²) in [5, 5.41) is 3.71. The second-order valence-electron chi connectivity index (χ2n) is 5.97. The fourth-order valence-electron chi connectivity index (χ4n) is 2.71. The number of hydrogen-bond donors (Lipinski definition) is 1. The highest BCUT2D eigenvalue weighted by molar-refractivity contribution is 6.30. The van der Waals surface area contributed by atoms with Gasteiger partial charge in [-0.25, -0.2) is 0 Å². The molecule has 0 saturated heterocycles. The Morgan fingerprint density at radius 1 is 1.00 bits per heavy atom. The summed E-state index contributed by atoms with van der Waals surface area (Å²) in [6.07, 6.45) is 3.89. The van der Waals surface area contributed by atoms with Crippen LogP contribution in [0.1, 0.15) is 18.5 Å². The van der Waals surface area contributed by atoms with E-state index in [0.29, 0.717) is 5.02 Å². The molecule has 3 rings (SSSR count). The summed E-state index contributed by atoms with van der Waals surface area (Å²) in [5.74, 6) is -0.0299. The molecule has 0 radical (unpaired) electrons. The van der Waals surface area contributed by atoms with Gasteiger partial charge in [-0.15, -0.1) is 0 Å². The minimum absolute atomic E-state index is 0.0299. The number of pyridine rings is 1. The highest BCUT2D eigenvalue weighted by Crippen LogP contribution is 2.17. The van der Waals surface area contributed by atoms with Gasteiger partial charge in [-0.2, -0.15) is 4.57 Å². The zero-order chi connectivity index (χ0) is 17.6. The minimum Gasteiger partial charge on any atom is -0.344 e. The van der Waals surface area contributed by atoms with Crippen molar-refractivity contribution >= 4 is 17.5 Å². The van der Waals surface area contributed by atoms with Crippen LogP contribution in [0.3, 0.4) is 0 Å². The van der Waals surface area contributed by atoms with E-state index in [1.807, 2.05) is 78.5 Å². The molecule has 0 unspecified atom stereocenters. The average molecular weight is 352 g/mol. The first kappa shape index (κ1) is 17.2. The van der Waals surface area contributed by atoms with Gasteiger partial charge in [-0.3, -0.25) is 4.79 Å². The van der Waals surface area contributed by atoms with Crippen LogP contribution >= 0.6 is 11.6 Å². The molecule has 126 valence electrons. The van der Waals surface area contributed by atoms with Gasteiger partial charge >= 0.3 is 0 Å². The van der Waals surface area contributed by atoms with Crippen molar-refractivity contribution in [2.24, 2.45) is 0 Å². The zero-order valence-electron chi connectivity index (χ0n) is 14.0. The standard InChI is InChI=1S/C21H19ClN2O/c1-16(17-9-11-20(22)12-10-17)23-21(25)15-24-13-5-8-19(14-24)18-6-3-2-4-7-18/h2-14,16H,15H2,1H3/p+1/t16-/m0/s1. The van der Waals surface area contributed by atoms with Gasteiger partial charge in [0.2, 0.25) is 6.54 Å². The Kier molecular flexibility index (Phi) is 5.46. The maximum atomic E-state index is 12.4. The van der Waals surface area contributed by atoms with Crippen molar-refractivity contribution in [3.8, 4) is 11.1 Å². The Balaban J connectivity index is 1.66. The van der Waals surface area contributed by atoms with Crippen LogP contribution in [0.5, 0.6) is 0 Å². The molecule has 0 fully saturated rings. The molecule has 0 saturated carbocycles. The van der Waals surface area contributed by atoms with Crippen LogP contribution in [0.15, 0.2) is 79.1 Å². The molecule has 1 heterocycles. The molecule has 1 N–H and O–H groups in total. The lowest BCUT2D eigenvalue weighted by Gasteiger charge is -2.13. The van der Waals surface area contributed by atoms with E-state index in [-0.39, 0.29) is 18.5 Å². The Morgan fingerprint density at radius 2 is 1.68 bits per heavy atom. The first-order valence-electron chi connectivity index (χ1n) is 8.21. The van der Waals surface area contributed by atoms with Crippen LogP contribution < -0.4 is 9.88 Å². The highest BCUT2D eigenvalue weighted by Gasteiger charge is 2.14. The second kappa shape index (κ2) is 7.95. The van der Waals surface area contributed by atoms with Gasteiger partial charge in [0.05, 0.1) is 6.04 Å². The highest BCUT2D eigenvalue weighted by atomic mass is 35.5. The molecule has 0 aliphatic carbocycles. The molecular weight excluding hydrogens is 332 g/mol. The summed E-state index contributed by atoms with van der Waals surface area (Å²) >= 11 is 5.90. The molecule has 0 aliphatic heterocycles. The smallest absolute Gasteiger partial charge is 0.286 e. The zero-order valence-corrected chi connectivity index (χ0v) is 14.8. The number of carbonyl (C=O) groups excluding carboxylic acids is 1. The maximum absolute atomic E-state index is 12.4. The Labute approximate surface area is 152 Å². The number of halogens is 1. The molecule has 3 nitrogen and oxygen atoms in total. The predicted molar refractivity (Wildman–Crippen MR) is 100 cm³/mol. The van der Waals surface area contributed by atoms with Crippen molar-refractivity contribution in [2.75, 3.05) is 0 Å². The second-order valence-corrected chi connectivity index (χ2v) is 6.41. The van der Waals surface area contributed by atoms with Crippen molar-refractivity contribution < 1.29 is 9.36 Å². The summed E-state index contributed by atoms with van der Waals surface area (Å²) in [5.41, 5.74) is 3.24. The molecule has 0 bridgehead atoms. The molecule has 4 heteroatoms. The fourth-order valence-corrected chi connectivity index (χ4v) is 2.84. The largest absolute Gasteiger partial charge is 0.344 e. The molecule has 0 aliphatic rings. The average Bonchev–Trinajstić information content (AvgIpc) is 2.63. The van der Waals surface area contributed by atoms with E-state index in [2.05, 4.69) is 17.4 Å². The third kappa shape index (κ3) is 4.68. The third-order valence-electron chi connectivity index (χ3n) is 4.04. The molecule has 2 aromatic carbocycles. The first-order chi connectivity index (χ1) is 12.1. The summed E-state index contributed by atoms with van der Waals surface area (Å²) in [6, 6.07) is 21.6. The molecule has 25 heavy (non-hydrogen) atoms. The van der Waals surface area contributed by atoms with Gasteiger partial charge in [0.15, 0.2) is 12.4 Å². The van der Waals surface area contributed by atoms with Crippen molar-refractivity contribution in [1.29, 1.82) is 0 Å². The van der Waals surface area contributed by atoms with E-state index >= 15 is 0 Å². The van der Waals surface area contributed by atoms with Crippen LogP contribution in [0.25, 0.3) is 11.1 Å². The molecule has 1 aromatic heterocycles. The van der Waals surface area contributed by atoms with E-state index in [1.165, 1.54) is 0 Å². The van der Waals surface area contributed by atoms with E-state index in [4.69, 9.17) is 11.6 Å². The van der Waals surface area contributed by atoms with Gasteiger partial charge in [0.25, 0.3) is 5.91 Å². The van der Waals surface area contributed by atoms with Crippen LogP contribution in [-0.2, 0) is 11.3 Å². The van der Waals surface area contributed by atoms with Gasteiger partial charge in [0, 0.05) is 16.7 Å². The first-order valence-corrected chi connectivity index (χ1v) is 8.59. The number of aromatic nitrogens is 1. The Hall–Kier alpha value is -2.65. The number of nitrogens with one attached hydrogen (secondary N) is 1. The van der Waals surface area contributed by atoms with Crippen molar-refractivity contribution in [3.63, 3.8) is 0 Å². The van der Waals surface area contributed by atoms with Crippen LogP contribution in [0.2, 0.25) is 5.02 Å². The number of hydrogen-bond acceptors (Lipinski definition) is 1. The molecule has 0 spiro atoms. The molecule has 1 atom stereocenters. The van der Waals surface area contributed by atoms with E-state index in [0.717, 1.165) is 16.7 Å². The SMILES string of the molecule is C[C@H](NC(=O)C[n+]1cccc(-c2ccccc2)c1)c1ccc(Cl)cc1. The molecular formula is C21H20ClN2O+. The summed E-state index contributed by atoms with van der Waals surface area (Å²) in [7, 11) is 0. The summed E-state index contributed by atoms with van der Waals surface area (Å²) < 4.78 is 1.90. The summed E-state index contributed by atoms with van der Waals surface area (Å²) in [6.45, 7) is 2.24. The van der Waals surface area contributed by atoms with Gasteiger partial charge < -0.3 is 5.32 Å². The minimum atomic E-state index is -0.0670. The quantitative estimate of drug-likeness (QED) is 0.687. The van der Waals surface area contributed by atoms with Gasteiger partial charge in [-0.1, -0.05) is 54.1 Å². The molecule has 1 amide bonds.